The third-order valence-electron chi connectivity index (χ3n) is 4.72. The SMILES string of the molecule is CC[C@@H](C)c1ccc(N[C@@H](C(=O)NC2CC2)c2ccccc2)cc1. The molecule has 0 spiro atoms. The maximum Gasteiger partial charge on any atom is 0.247 e. The van der Waals surface area contributed by atoms with Crippen molar-refractivity contribution in [1.29, 1.82) is 0 Å². The van der Waals surface area contributed by atoms with Gasteiger partial charge in [0, 0.05) is 11.7 Å². The number of amides is 1. The summed E-state index contributed by atoms with van der Waals surface area (Å²) < 4.78 is 0. The van der Waals surface area contributed by atoms with Crippen LogP contribution in [0.4, 0.5) is 5.69 Å². The lowest BCUT2D eigenvalue weighted by atomic mass is 9.98. The quantitative estimate of drug-likeness (QED) is 0.780. The number of nitrogens with one attached hydrogen (secondary N) is 2. The molecule has 2 aromatic carbocycles. The molecule has 3 heteroatoms. The first-order valence-electron chi connectivity index (χ1n) is 8.89. The summed E-state index contributed by atoms with van der Waals surface area (Å²) in [5, 5.41) is 6.51. The predicted molar refractivity (Wildman–Crippen MR) is 99.1 cm³/mol. The van der Waals surface area contributed by atoms with Gasteiger partial charge in [-0.25, -0.2) is 0 Å². The van der Waals surface area contributed by atoms with Crippen LogP contribution in [0.15, 0.2) is 54.6 Å². The highest BCUT2D eigenvalue weighted by Gasteiger charge is 2.28. The van der Waals surface area contributed by atoms with Crippen LogP contribution < -0.4 is 10.6 Å². The summed E-state index contributed by atoms with van der Waals surface area (Å²) >= 11 is 0. The number of carbonyl (C=O) groups excluding carboxylic acids is 1. The highest BCUT2D eigenvalue weighted by Crippen LogP contribution is 2.25. The summed E-state index contributed by atoms with van der Waals surface area (Å²) in [5.74, 6) is 0.608. The summed E-state index contributed by atoms with van der Waals surface area (Å²) in [6, 6.07) is 18.4. The number of hydrogen-bond acceptors (Lipinski definition) is 2. The van der Waals surface area contributed by atoms with E-state index in [1.807, 2.05) is 30.3 Å². The minimum absolute atomic E-state index is 0.0507. The Morgan fingerprint density at radius 2 is 1.71 bits per heavy atom. The molecule has 1 fully saturated rings. The number of benzene rings is 2. The summed E-state index contributed by atoms with van der Waals surface area (Å²) in [5.41, 5.74) is 3.30. The van der Waals surface area contributed by atoms with Gasteiger partial charge in [-0.3, -0.25) is 4.79 Å². The van der Waals surface area contributed by atoms with Gasteiger partial charge in [0.05, 0.1) is 0 Å². The second kappa shape index (κ2) is 7.52. The normalized spacial score (nSPS) is 16.2. The number of hydrogen-bond donors (Lipinski definition) is 2. The van der Waals surface area contributed by atoms with Crippen molar-refractivity contribution in [2.24, 2.45) is 0 Å². The standard InChI is InChI=1S/C21H26N2O/c1-3-15(2)16-9-11-18(12-10-16)22-20(17-7-5-4-6-8-17)21(24)23-19-13-14-19/h4-12,15,19-20,22H,3,13-14H2,1-2H3,(H,23,24)/t15-,20-/m1/s1. The molecule has 3 nitrogen and oxygen atoms in total. The molecular weight excluding hydrogens is 296 g/mol. The molecule has 1 amide bonds. The third-order valence-corrected chi connectivity index (χ3v) is 4.72. The van der Waals surface area contributed by atoms with Crippen LogP contribution in [0.25, 0.3) is 0 Å². The van der Waals surface area contributed by atoms with Crippen molar-refractivity contribution in [3.05, 3.63) is 65.7 Å². The first kappa shape index (κ1) is 16.6. The lowest BCUT2D eigenvalue weighted by Gasteiger charge is -2.20. The number of anilines is 1. The van der Waals surface area contributed by atoms with Crippen molar-refractivity contribution < 1.29 is 4.79 Å². The Morgan fingerprint density at radius 1 is 1.04 bits per heavy atom. The van der Waals surface area contributed by atoms with Gasteiger partial charge in [0.15, 0.2) is 0 Å². The van der Waals surface area contributed by atoms with Crippen molar-refractivity contribution in [1.82, 2.24) is 5.32 Å². The van der Waals surface area contributed by atoms with E-state index in [-0.39, 0.29) is 11.9 Å². The zero-order valence-corrected chi connectivity index (χ0v) is 14.5. The van der Waals surface area contributed by atoms with Gasteiger partial charge >= 0.3 is 0 Å². The van der Waals surface area contributed by atoms with Crippen molar-refractivity contribution in [3.8, 4) is 0 Å². The molecule has 0 heterocycles. The van der Waals surface area contributed by atoms with E-state index in [1.54, 1.807) is 0 Å². The molecule has 0 saturated heterocycles. The number of carbonyl (C=O) groups is 1. The van der Waals surface area contributed by atoms with E-state index in [2.05, 4.69) is 48.7 Å². The minimum Gasteiger partial charge on any atom is -0.370 e. The van der Waals surface area contributed by atoms with E-state index in [9.17, 15) is 4.79 Å². The smallest absolute Gasteiger partial charge is 0.247 e. The molecule has 2 aromatic rings. The van der Waals surface area contributed by atoms with E-state index in [4.69, 9.17) is 0 Å². The minimum atomic E-state index is -0.360. The monoisotopic (exact) mass is 322 g/mol. The van der Waals surface area contributed by atoms with E-state index in [0.29, 0.717) is 12.0 Å². The molecule has 0 aliphatic heterocycles. The van der Waals surface area contributed by atoms with Gasteiger partial charge in [-0.05, 0) is 48.4 Å². The Hall–Kier alpha value is -2.29. The molecule has 0 radical (unpaired) electrons. The van der Waals surface area contributed by atoms with Crippen molar-refractivity contribution in [2.45, 2.75) is 51.1 Å². The Bertz CT molecular complexity index is 662. The largest absolute Gasteiger partial charge is 0.370 e. The average molecular weight is 322 g/mol. The maximum absolute atomic E-state index is 12.6. The number of rotatable bonds is 7. The Labute approximate surface area is 144 Å². The molecular formula is C21H26N2O. The Morgan fingerprint density at radius 3 is 2.29 bits per heavy atom. The van der Waals surface area contributed by atoms with Crippen LogP contribution in [-0.4, -0.2) is 11.9 Å². The van der Waals surface area contributed by atoms with Crippen molar-refractivity contribution in [3.63, 3.8) is 0 Å². The maximum atomic E-state index is 12.6. The molecule has 2 atom stereocenters. The second-order valence-electron chi connectivity index (χ2n) is 6.70. The van der Waals surface area contributed by atoms with Crippen LogP contribution in [0.3, 0.4) is 0 Å². The van der Waals surface area contributed by atoms with Crippen LogP contribution in [0.5, 0.6) is 0 Å². The summed E-state index contributed by atoms with van der Waals surface area (Å²) in [6.45, 7) is 4.43. The highest BCUT2D eigenvalue weighted by molar-refractivity contribution is 5.86. The highest BCUT2D eigenvalue weighted by atomic mass is 16.2. The van der Waals surface area contributed by atoms with Crippen molar-refractivity contribution in [2.75, 3.05) is 5.32 Å². The van der Waals surface area contributed by atoms with Crippen LogP contribution in [-0.2, 0) is 4.79 Å². The van der Waals surface area contributed by atoms with Crippen molar-refractivity contribution >= 4 is 11.6 Å². The van der Waals surface area contributed by atoms with E-state index in [1.165, 1.54) is 5.56 Å². The van der Waals surface area contributed by atoms with Crippen LogP contribution in [0.2, 0.25) is 0 Å². The first-order valence-corrected chi connectivity index (χ1v) is 8.89. The van der Waals surface area contributed by atoms with E-state index in [0.717, 1.165) is 30.5 Å². The lowest BCUT2D eigenvalue weighted by molar-refractivity contribution is -0.122. The first-order chi connectivity index (χ1) is 11.7. The molecule has 0 unspecified atom stereocenters. The zero-order valence-electron chi connectivity index (χ0n) is 14.5. The van der Waals surface area contributed by atoms with Gasteiger partial charge in [0.25, 0.3) is 0 Å². The Kier molecular flexibility index (Phi) is 5.19. The van der Waals surface area contributed by atoms with Gasteiger partial charge in [-0.1, -0.05) is 56.3 Å². The predicted octanol–water partition coefficient (Wildman–Crippen LogP) is 4.63. The Balaban J connectivity index is 1.76. The molecule has 1 aliphatic rings. The summed E-state index contributed by atoms with van der Waals surface area (Å²) in [7, 11) is 0. The third kappa shape index (κ3) is 4.16. The van der Waals surface area contributed by atoms with E-state index < -0.39 is 0 Å². The fraction of sp³-hybridized carbons (Fsp3) is 0.381. The van der Waals surface area contributed by atoms with Gasteiger partial charge in [0.2, 0.25) is 5.91 Å². The van der Waals surface area contributed by atoms with Gasteiger partial charge in [-0.15, -0.1) is 0 Å². The van der Waals surface area contributed by atoms with Crippen LogP contribution in [0.1, 0.15) is 56.2 Å². The van der Waals surface area contributed by atoms with Crippen LogP contribution >= 0.6 is 0 Å². The fourth-order valence-corrected chi connectivity index (χ4v) is 2.77. The van der Waals surface area contributed by atoms with Crippen LogP contribution in [0, 0.1) is 0 Å². The summed E-state index contributed by atoms with van der Waals surface area (Å²) in [6.07, 6.45) is 3.32. The van der Waals surface area contributed by atoms with Gasteiger partial charge in [0.1, 0.15) is 6.04 Å². The summed E-state index contributed by atoms with van der Waals surface area (Å²) in [4.78, 5) is 12.6. The lowest BCUT2D eigenvalue weighted by Crippen LogP contribution is -2.34. The fourth-order valence-electron chi connectivity index (χ4n) is 2.77. The molecule has 3 rings (SSSR count). The molecule has 24 heavy (non-hydrogen) atoms. The average Bonchev–Trinajstić information content (AvgIpc) is 3.44. The zero-order chi connectivity index (χ0) is 16.9. The van der Waals surface area contributed by atoms with Gasteiger partial charge in [-0.2, -0.15) is 0 Å². The van der Waals surface area contributed by atoms with Gasteiger partial charge < -0.3 is 10.6 Å². The molecule has 2 N–H and O–H groups in total. The molecule has 0 aromatic heterocycles. The molecule has 1 saturated carbocycles. The molecule has 1 aliphatic carbocycles. The molecule has 0 bridgehead atoms. The molecule has 126 valence electrons. The topological polar surface area (TPSA) is 41.1 Å². The second-order valence-corrected chi connectivity index (χ2v) is 6.70. The van der Waals surface area contributed by atoms with E-state index >= 15 is 0 Å².